The number of fused-ring (bicyclic) bond motifs is 1. The van der Waals surface area contributed by atoms with Crippen LogP contribution in [0.5, 0.6) is 0 Å². The Kier molecular flexibility index (Phi) is 7.50. The molecule has 0 aliphatic carbocycles. The van der Waals surface area contributed by atoms with E-state index in [1.54, 1.807) is 25.1 Å². The molecule has 0 radical (unpaired) electrons. The highest BCUT2D eigenvalue weighted by molar-refractivity contribution is 5.90. The van der Waals surface area contributed by atoms with Gasteiger partial charge in [-0.3, -0.25) is 9.69 Å². The number of halogens is 3. The fraction of sp³-hybridized carbons (Fsp3) is 0.579. The van der Waals surface area contributed by atoms with E-state index in [0.717, 1.165) is 4.90 Å². The van der Waals surface area contributed by atoms with Crippen LogP contribution in [0.3, 0.4) is 0 Å². The molecule has 2 rings (SSSR count). The van der Waals surface area contributed by atoms with Gasteiger partial charge in [0.25, 0.3) is 0 Å². The molecule has 1 aromatic rings. The zero-order chi connectivity index (χ0) is 19.9. The molecule has 1 aliphatic heterocycles. The number of esters is 1. The van der Waals surface area contributed by atoms with Crippen LogP contribution in [0.1, 0.15) is 44.6 Å². The van der Waals surface area contributed by atoms with Gasteiger partial charge in [0.2, 0.25) is 0 Å². The minimum Gasteiger partial charge on any atom is -0.466 e. The van der Waals surface area contributed by atoms with E-state index in [9.17, 15) is 22.8 Å². The molecule has 0 bridgehead atoms. The summed E-state index contributed by atoms with van der Waals surface area (Å²) in [5, 5.41) is 0. The summed E-state index contributed by atoms with van der Waals surface area (Å²) in [4.78, 5) is 24.3. The Morgan fingerprint density at radius 2 is 1.89 bits per heavy atom. The first-order valence-corrected chi connectivity index (χ1v) is 9.10. The van der Waals surface area contributed by atoms with Gasteiger partial charge in [-0.1, -0.05) is 18.2 Å². The maximum Gasteiger partial charge on any atom is 0.414 e. The number of rotatable bonds is 7. The van der Waals surface area contributed by atoms with Gasteiger partial charge in [-0.25, -0.2) is 4.79 Å². The van der Waals surface area contributed by atoms with Crippen molar-refractivity contribution in [1.82, 2.24) is 0 Å². The molecule has 0 fully saturated rings. The quantitative estimate of drug-likeness (QED) is 0.506. The number of para-hydroxylation sites is 1. The third-order valence-corrected chi connectivity index (χ3v) is 4.38. The molecule has 5 nitrogen and oxygen atoms in total. The van der Waals surface area contributed by atoms with Crippen LogP contribution in [-0.2, 0) is 20.7 Å². The molecule has 0 saturated carbocycles. The van der Waals surface area contributed by atoms with Crippen molar-refractivity contribution in [2.45, 2.75) is 57.7 Å². The second kappa shape index (κ2) is 9.62. The molecule has 0 N–H and O–H groups in total. The molecule has 0 spiro atoms. The van der Waals surface area contributed by atoms with Gasteiger partial charge in [-0.05, 0) is 50.7 Å². The molecule has 27 heavy (non-hydrogen) atoms. The molecule has 1 amide bonds. The number of nitrogens with zero attached hydrogens (tertiary/aromatic N) is 1. The molecular weight excluding hydrogens is 363 g/mol. The van der Waals surface area contributed by atoms with Gasteiger partial charge in [0.15, 0.2) is 0 Å². The lowest BCUT2D eigenvalue weighted by atomic mass is 9.96. The number of unbranched alkanes of at least 4 members (excludes halogenated alkanes) is 2. The SMILES string of the molecule is CCOC(=O)CCCCCOC(=O)N1c2ccccc2CCC1C(F)(F)F. The van der Waals surface area contributed by atoms with Gasteiger partial charge in [0.1, 0.15) is 6.04 Å². The first-order chi connectivity index (χ1) is 12.8. The monoisotopic (exact) mass is 387 g/mol. The molecular formula is C19H24F3NO4. The van der Waals surface area contributed by atoms with Crippen molar-refractivity contribution in [3.63, 3.8) is 0 Å². The predicted molar refractivity (Wildman–Crippen MR) is 93.5 cm³/mol. The van der Waals surface area contributed by atoms with E-state index in [4.69, 9.17) is 9.47 Å². The largest absolute Gasteiger partial charge is 0.466 e. The highest BCUT2D eigenvalue weighted by Crippen LogP contribution is 2.38. The Labute approximate surface area is 156 Å². The predicted octanol–water partition coefficient (Wildman–Crippen LogP) is 4.63. The van der Waals surface area contributed by atoms with Crippen LogP contribution in [0.25, 0.3) is 0 Å². The Balaban J connectivity index is 1.90. The highest BCUT2D eigenvalue weighted by Gasteiger charge is 2.48. The van der Waals surface area contributed by atoms with Gasteiger partial charge >= 0.3 is 18.2 Å². The molecule has 1 unspecified atom stereocenters. The summed E-state index contributed by atoms with van der Waals surface area (Å²) in [6.07, 6.45) is -3.50. The van der Waals surface area contributed by atoms with Crippen LogP contribution in [0, 0.1) is 0 Å². The first kappa shape index (κ1) is 21.1. The number of anilines is 1. The van der Waals surface area contributed by atoms with Crippen molar-refractivity contribution in [2.24, 2.45) is 0 Å². The number of carbonyl (C=O) groups excluding carboxylic acids is 2. The number of carbonyl (C=O) groups is 2. The van der Waals surface area contributed by atoms with E-state index in [1.807, 2.05) is 0 Å². The topological polar surface area (TPSA) is 55.8 Å². The molecule has 150 valence electrons. The summed E-state index contributed by atoms with van der Waals surface area (Å²) in [5.41, 5.74) is 0.947. The van der Waals surface area contributed by atoms with Crippen molar-refractivity contribution < 1.29 is 32.2 Å². The zero-order valence-electron chi connectivity index (χ0n) is 15.3. The van der Waals surface area contributed by atoms with Crippen LogP contribution in [-0.4, -0.2) is 37.5 Å². The molecule has 0 saturated heterocycles. The van der Waals surface area contributed by atoms with Gasteiger partial charge in [0.05, 0.1) is 18.9 Å². The summed E-state index contributed by atoms with van der Waals surface area (Å²) in [6.45, 7) is 2.06. The number of alkyl halides is 3. The summed E-state index contributed by atoms with van der Waals surface area (Å²) in [7, 11) is 0. The van der Waals surface area contributed by atoms with Crippen LogP contribution in [0.4, 0.5) is 23.7 Å². The van der Waals surface area contributed by atoms with Crippen molar-refractivity contribution in [1.29, 1.82) is 0 Å². The molecule has 8 heteroatoms. The Bertz CT molecular complexity index is 648. The van der Waals surface area contributed by atoms with Crippen molar-refractivity contribution >= 4 is 17.7 Å². The normalized spacial score (nSPS) is 16.6. The van der Waals surface area contributed by atoms with Crippen molar-refractivity contribution in [3.8, 4) is 0 Å². The van der Waals surface area contributed by atoms with Crippen LogP contribution in [0.2, 0.25) is 0 Å². The average Bonchev–Trinajstić information content (AvgIpc) is 2.62. The minimum absolute atomic E-state index is 0.00486. The zero-order valence-corrected chi connectivity index (χ0v) is 15.3. The van der Waals surface area contributed by atoms with Gasteiger partial charge in [0, 0.05) is 6.42 Å². The first-order valence-electron chi connectivity index (χ1n) is 9.10. The maximum atomic E-state index is 13.4. The third kappa shape index (κ3) is 5.87. The summed E-state index contributed by atoms with van der Waals surface area (Å²) >= 11 is 0. The molecule has 1 aliphatic rings. The lowest BCUT2D eigenvalue weighted by Crippen LogP contribution is -2.51. The van der Waals surface area contributed by atoms with E-state index >= 15 is 0 Å². The fourth-order valence-corrected chi connectivity index (χ4v) is 3.09. The van der Waals surface area contributed by atoms with E-state index in [2.05, 4.69) is 0 Å². The van der Waals surface area contributed by atoms with Crippen LogP contribution in [0.15, 0.2) is 24.3 Å². The number of hydrogen-bond donors (Lipinski definition) is 0. The summed E-state index contributed by atoms with van der Waals surface area (Å²) in [6, 6.07) is 4.68. The van der Waals surface area contributed by atoms with Crippen molar-refractivity contribution in [3.05, 3.63) is 29.8 Å². The lowest BCUT2D eigenvalue weighted by molar-refractivity contribution is -0.150. The number of ether oxygens (including phenoxy) is 2. The average molecular weight is 387 g/mol. The Hall–Kier alpha value is -2.25. The molecule has 1 heterocycles. The van der Waals surface area contributed by atoms with Gasteiger partial charge in [-0.15, -0.1) is 0 Å². The van der Waals surface area contributed by atoms with E-state index < -0.39 is 18.3 Å². The lowest BCUT2D eigenvalue weighted by Gasteiger charge is -2.37. The van der Waals surface area contributed by atoms with Crippen LogP contribution >= 0.6 is 0 Å². The third-order valence-electron chi connectivity index (χ3n) is 4.38. The number of aryl methyl sites for hydroxylation is 1. The van der Waals surface area contributed by atoms with Crippen molar-refractivity contribution in [2.75, 3.05) is 18.1 Å². The fourth-order valence-electron chi connectivity index (χ4n) is 3.09. The Morgan fingerprint density at radius 3 is 2.59 bits per heavy atom. The minimum atomic E-state index is -4.52. The Morgan fingerprint density at radius 1 is 1.15 bits per heavy atom. The van der Waals surface area contributed by atoms with Gasteiger partial charge < -0.3 is 9.47 Å². The molecule has 0 aromatic heterocycles. The smallest absolute Gasteiger partial charge is 0.414 e. The number of benzene rings is 1. The van der Waals surface area contributed by atoms with E-state index in [1.165, 1.54) is 6.07 Å². The van der Waals surface area contributed by atoms with E-state index in [-0.39, 0.29) is 37.5 Å². The van der Waals surface area contributed by atoms with Crippen LogP contribution < -0.4 is 4.90 Å². The van der Waals surface area contributed by atoms with E-state index in [0.29, 0.717) is 31.4 Å². The standard InChI is InChI=1S/C19H24F3NO4/c1-2-26-17(24)10-4-3-7-13-27-18(25)23-15-9-6-5-8-14(15)11-12-16(23)19(20,21)22/h5-6,8-9,16H,2-4,7,10-13H2,1H3. The summed E-state index contributed by atoms with van der Waals surface area (Å²) in [5.74, 6) is -0.285. The summed E-state index contributed by atoms with van der Waals surface area (Å²) < 4.78 is 50.0. The second-order valence-corrected chi connectivity index (χ2v) is 6.32. The second-order valence-electron chi connectivity index (χ2n) is 6.32. The van der Waals surface area contributed by atoms with Gasteiger partial charge in [-0.2, -0.15) is 13.2 Å². The highest BCUT2D eigenvalue weighted by atomic mass is 19.4. The molecule has 1 atom stereocenters. The number of hydrogen-bond acceptors (Lipinski definition) is 4. The number of amides is 1. The molecule has 1 aromatic carbocycles. The maximum absolute atomic E-state index is 13.4.